The van der Waals surface area contributed by atoms with Gasteiger partial charge in [0.25, 0.3) is 11.5 Å². The Bertz CT molecular complexity index is 523. The van der Waals surface area contributed by atoms with Gasteiger partial charge in [-0.05, 0) is 13.0 Å². The number of halogens is 1. The van der Waals surface area contributed by atoms with Gasteiger partial charge >= 0.3 is 5.69 Å². The number of carbonyl (C=O) groups excluding carboxylic acids is 1. The Kier molecular flexibility index (Phi) is 7.78. The van der Waals surface area contributed by atoms with Crippen molar-refractivity contribution in [3.05, 3.63) is 32.6 Å². The predicted molar refractivity (Wildman–Crippen MR) is 75.0 cm³/mol. The van der Waals surface area contributed by atoms with E-state index in [4.69, 9.17) is 0 Å². The Morgan fingerprint density at radius 2 is 2.00 bits per heavy atom. The first-order chi connectivity index (χ1) is 8.57. The van der Waals surface area contributed by atoms with Gasteiger partial charge in [0.05, 0.1) is 0 Å². The average molecular weight is 291 g/mol. The van der Waals surface area contributed by atoms with Gasteiger partial charge in [-0.1, -0.05) is 6.92 Å². The van der Waals surface area contributed by atoms with Crippen LogP contribution in [-0.4, -0.2) is 35.1 Å². The zero-order chi connectivity index (χ0) is 13.5. The van der Waals surface area contributed by atoms with Crippen LogP contribution in [0.5, 0.6) is 0 Å². The van der Waals surface area contributed by atoms with Crippen LogP contribution < -0.4 is 21.9 Å². The Balaban J connectivity index is 0.00000324. The van der Waals surface area contributed by atoms with Crippen molar-refractivity contribution in [1.29, 1.82) is 0 Å². The number of aromatic nitrogens is 2. The number of amides is 1. The first-order valence-electron chi connectivity index (χ1n) is 5.85. The van der Waals surface area contributed by atoms with Crippen LogP contribution in [0.1, 0.15) is 23.7 Å². The highest BCUT2D eigenvalue weighted by atomic mass is 35.5. The molecule has 1 heterocycles. The molecule has 7 nitrogen and oxygen atoms in total. The highest BCUT2D eigenvalue weighted by Gasteiger charge is 2.11. The van der Waals surface area contributed by atoms with Gasteiger partial charge in [-0.15, -0.1) is 12.4 Å². The van der Waals surface area contributed by atoms with Crippen molar-refractivity contribution in [3.63, 3.8) is 0 Å². The van der Waals surface area contributed by atoms with Crippen LogP contribution in [0, 0.1) is 0 Å². The van der Waals surface area contributed by atoms with Gasteiger partial charge in [-0.25, -0.2) is 4.79 Å². The molecule has 0 aliphatic carbocycles. The van der Waals surface area contributed by atoms with Crippen molar-refractivity contribution in [2.24, 2.45) is 7.05 Å². The third-order valence-electron chi connectivity index (χ3n) is 2.44. The van der Waals surface area contributed by atoms with E-state index in [1.165, 1.54) is 7.05 Å². The summed E-state index contributed by atoms with van der Waals surface area (Å²) in [5, 5.41) is 5.73. The molecule has 108 valence electrons. The van der Waals surface area contributed by atoms with E-state index in [0.717, 1.165) is 23.7 Å². The number of H-pyrrole nitrogens is 1. The summed E-state index contributed by atoms with van der Waals surface area (Å²) in [5.41, 5.74) is -1.20. The van der Waals surface area contributed by atoms with Crippen molar-refractivity contribution in [3.8, 4) is 0 Å². The van der Waals surface area contributed by atoms with Crippen LogP contribution in [-0.2, 0) is 7.05 Å². The molecule has 0 saturated carbocycles. The minimum atomic E-state index is -0.599. The molecule has 0 bridgehead atoms. The van der Waals surface area contributed by atoms with E-state index < -0.39 is 17.2 Å². The summed E-state index contributed by atoms with van der Waals surface area (Å²) in [7, 11) is 1.32. The molecule has 0 aliphatic heterocycles. The van der Waals surface area contributed by atoms with Crippen molar-refractivity contribution in [2.45, 2.75) is 13.3 Å². The summed E-state index contributed by atoms with van der Waals surface area (Å²) in [6.07, 6.45) is 2.16. The predicted octanol–water partition coefficient (Wildman–Crippen LogP) is -0.775. The maximum absolute atomic E-state index is 11.7. The molecule has 1 aromatic rings. The Morgan fingerprint density at radius 3 is 2.63 bits per heavy atom. The zero-order valence-corrected chi connectivity index (χ0v) is 11.8. The molecule has 0 aromatic carbocycles. The fourth-order valence-corrected chi connectivity index (χ4v) is 1.39. The first kappa shape index (κ1) is 17.4. The van der Waals surface area contributed by atoms with Crippen molar-refractivity contribution in [1.82, 2.24) is 20.2 Å². The second-order valence-electron chi connectivity index (χ2n) is 3.88. The lowest BCUT2D eigenvalue weighted by molar-refractivity contribution is 0.0951. The van der Waals surface area contributed by atoms with E-state index >= 15 is 0 Å². The van der Waals surface area contributed by atoms with Crippen LogP contribution in [0.4, 0.5) is 0 Å². The second kappa shape index (κ2) is 8.49. The largest absolute Gasteiger partial charge is 0.351 e. The molecule has 1 aromatic heterocycles. The van der Waals surface area contributed by atoms with Crippen LogP contribution in [0.15, 0.2) is 15.8 Å². The smallest absolute Gasteiger partial charge is 0.328 e. The van der Waals surface area contributed by atoms with Crippen LogP contribution in [0.2, 0.25) is 0 Å². The van der Waals surface area contributed by atoms with E-state index in [1.54, 1.807) is 0 Å². The number of hydrogen-bond acceptors (Lipinski definition) is 4. The maximum atomic E-state index is 11.7. The van der Waals surface area contributed by atoms with E-state index in [-0.39, 0.29) is 18.0 Å². The topological polar surface area (TPSA) is 96.0 Å². The van der Waals surface area contributed by atoms with E-state index in [0.29, 0.717) is 13.1 Å². The maximum Gasteiger partial charge on any atom is 0.328 e. The number of hydrogen-bond donors (Lipinski definition) is 3. The zero-order valence-electron chi connectivity index (χ0n) is 11.0. The third-order valence-corrected chi connectivity index (χ3v) is 2.44. The number of nitrogens with one attached hydrogen (secondary N) is 3. The van der Waals surface area contributed by atoms with Crippen molar-refractivity contribution in [2.75, 3.05) is 19.6 Å². The number of nitrogens with zero attached hydrogens (tertiary/aromatic N) is 1. The van der Waals surface area contributed by atoms with Crippen LogP contribution >= 0.6 is 12.4 Å². The van der Waals surface area contributed by atoms with Crippen LogP contribution in [0.25, 0.3) is 0 Å². The standard InChI is InChI=1S/C11H18N4O3.ClH/c1-3-4-12-5-6-13-9(16)8-7-14-11(18)15(2)10(8)17;/h7,12H,3-6H2,1-2H3,(H,13,16)(H,14,18);1H. The highest BCUT2D eigenvalue weighted by molar-refractivity contribution is 5.93. The third kappa shape index (κ3) is 4.88. The molecule has 0 radical (unpaired) electrons. The second-order valence-corrected chi connectivity index (χ2v) is 3.88. The molecule has 0 unspecified atom stereocenters. The lowest BCUT2D eigenvalue weighted by Crippen LogP contribution is -2.40. The quantitative estimate of drug-likeness (QED) is 0.599. The van der Waals surface area contributed by atoms with Gasteiger partial charge in [0, 0.05) is 26.3 Å². The average Bonchev–Trinajstić information content (AvgIpc) is 2.35. The van der Waals surface area contributed by atoms with Gasteiger partial charge < -0.3 is 15.6 Å². The molecular formula is C11H19ClN4O3. The minimum absolute atomic E-state index is 0. The summed E-state index contributed by atoms with van der Waals surface area (Å²) >= 11 is 0. The van der Waals surface area contributed by atoms with E-state index in [2.05, 4.69) is 22.5 Å². The fourth-order valence-electron chi connectivity index (χ4n) is 1.39. The van der Waals surface area contributed by atoms with Gasteiger partial charge in [0.2, 0.25) is 0 Å². The van der Waals surface area contributed by atoms with Gasteiger partial charge in [-0.2, -0.15) is 0 Å². The minimum Gasteiger partial charge on any atom is -0.351 e. The molecule has 0 saturated heterocycles. The van der Waals surface area contributed by atoms with E-state index in [1.807, 2.05) is 0 Å². The molecule has 19 heavy (non-hydrogen) atoms. The van der Waals surface area contributed by atoms with Gasteiger partial charge in [0.1, 0.15) is 5.56 Å². The normalized spacial score (nSPS) is 9.79. The Morgan fingerprint density at radius 1 is 1.32 bits per heavy atom. The van der Waals surface area contributed by atoms with E-state index in [9.17, 15) is 14.4 Å². The number of carbonyl (C=O) groups is 1. The highest BCUT2D eigenvalue weighted by Crippen LogP contribution is 1.84. The summed E-state index contributed by atoms with van der Waals surface area (Å²) in [5.74, 6) is -0.481. The summed E-state index contributed by atoms with van der Waals surface area (Å²) in [6, 6.07) is 0. The molecule has 0 atom stereocenters. The summed E-state index contributed by atoms with van der Waals surface area (Å²) in [6.45, 7) is 4.01. The molecular weight excluding hydrogens is 272 g/mol. The molecule has 1 amide bonds. The van der Waals surface area contributed by atoms with Gasteiger partial charge in [0.15, 0.2) is 0 Å². The first-order valence-corrected chi connectivity index (χ1v) is 5.85. The fraction of sp³-hybridized carbons (Fsp3) is 0.545. The number of rotatable bonds is 6. The SMILES string of the molecule is CCCNCCNC(=O)c1c[nH]c(=O)n(C)c1=O.Cl. The lowest BCUT2D eigenvalue weighted by Gasteiger charge is -2.06. The summed E-state index contributed by atoms with van der Waals surface area (Å²) < 4.78 is 0.865. The monoisotopic (exact) mass is 290 g/mol. The van der Waals surface area contributed by atoms with Crippen LogP contribution in [0.3, 0.4) is 0 Å². The Labute approximate surface area is 116 Å². The lowest BCUT2D eigenvalue weighted by atomic mass is 10.3. The van der Waals surface area contributed by atoms with Gasteiger partial charge in [-0.3, -0.25) is 14.2 Å². The molecule has 0 spiro atoms. The summed E-state index contributed by atoms with van der Waals surface area (Å²) in [4.78, 5) is 36.8. The number of aromatic amines is 1. The molecule has 0 aliphatic rings. The van der Waals surface area contributed by atoms with Crippen molar-refractivity contribution < 1.29 is 4.79 Å². The molecule has 8 heteroatoms. The Hall–Kier alpha value is -1.60. The van der Waals surface area contributed by atoms with Crippen molar-refractivity contribution >= 4 is 18.3 Å². The molecule has 0 fully saturated rings. The molecule has 3 N–H and O–H groups in total. The molecule has 1 rings (SSSR count).